The summed E-state index contributed by atoms with van der Waals surface area (Å²) in [7, 11) is 6.80. The number of alkyl halides is 3. The van der Waals surface area contributed by atoms with Gasteiger partial charge in [-0.1, -0.05) is 0 Å². The van der Waals surface area contributed by atoms with Gasteiger partial charge in [0.1, 0.15) is 0 Å². The van der Waals surface area contributed by atoms with Gasteiger partial charge >= 0.3 is 6.18 Å². The highest BCUT2D eigenvalue weighted by Crippen LogP contribution is 2.37. The van der Waals surface area contributed by atoms with E-state index in [9.17, 15) is 18.0 Å². The van der Waals surface area contributed by atoms with Gasteiger partial charge in [0.25, 0.3) is 0 Å². The van der Waals surface area contributed by atoms with Crippen molar-refractivity contribution in [3.63, 3.8) is 0 Å². The Bertz CT molecular complexity index is 735. The molecular weight excluding hydrogens is 317 g/mol. The minimum atomic E-state index is -4.52. The van der Waals surface area contributed by atoms with Crippen LogP contribution in [0.1, 0.15) is 21.5 Å². The summed E-state index contributed by atoms with van der Waals surface area (Å²) < 4.78 is 39.8. The second kappa shape index (κ2) is 6.55. The van der Waals surface area contributed by atoms with E-state index in [0.717, 1.165) is 11.8 Å². The van der Waals surface area contributed by atoms with Crippen LogP contribution in [0, 0.1) is 0 Å². The third kappa shape index (κ3) is 3.69. The van der Waals surface area contributed by atoms with Crippen LogP contribution in [0.25, 0.3) is 0 Å². The van der Waals surface area contributed by atoms with Crippen LogP contribution in [0.15, 0.2) is 42.5 Å². The Labute approximate surface area is 139 Å². The monoisotopic (exact) mass is 336 g/mol. The molecule has 0 N–H and O–H groups in total. The molecule has 6 heteroatoms. The summed E-state index contributed by atoms with van der Waals surface area (Å²) in [5.41, 5.74) is 0.493. The van der Waals surface area contributed by atoms with Gasteiger partial charge in [-0.25, -0.2) is 0 Å². The molecule has 0 atom stereocenters. The fraction of sp³-hybridized carbons (Fsp3) is 0.278. The standard InChI is InChI=1S/C18H19F3N2O/c1-22(2)14-8-5-12(6-9-14)17(24)13-7-10-16(23(3)4)15(11-13)18(19,20)21/h5-11H,1-4H3. The first-order chi connectivity index (χ1) is 11.1. The summed E-state index contributed by atoms with van der Waals surface area (Å²) in [5.74, 6) is -0.434. The number of halogens is 3. The first-order valence-corrected chi connectivity index (χ1v) is 7.32. The smallest absolute Gasteiger partial charge is 0.378 e. The number of benzene rings is 2. The van der Waals surface area contributed by atoms with Gasteiger partial charge in [0.15, 0.2) is 5.78 Å². The third-order valence-corrected chi connectivity index (χ3v) is 3.69. The van der Waals surface area contributed by atoms with E-state index >= 15 is 0 Å². The number of hydrogen-bond acceptors (Lipinski definition) is 3. The van der Waals surface area contributed by atoms with E-state index < -0.39 is 17.5 Å². The van der Waals surface area contributed by atoms with Crippen molar-refractivity contribution in [2.24, 2.45) is 0 Å². The summed E-state index contributed by atoms with van der Waals surface area (Å²) in [6.07, 6.45) is -4.52. The molecule has 0 bridgehead atoms. The van der Waals surface area contributed by atoms with Crippen LogP contribution in [-0.2, 0) is 6.18 Å². The summed E-state index contributed by atoms with van der Waals surface area (Å²) in [6.45, 7) is 0. The molecule has 0 saturated carbocycles. The molecule has 0 fully saturated rings. The predicted molar refractivity (Wildman–Crippen MR) is 90.0 cm³/mol. The van der Waals surface area contributed by atoms with Crippen molar-refractivity contribution in [2.45, 2.75) is 6.18 Å². The Hall–Kier alpha value is -2.50. The van der Waals surface area contributed by atoms with E-state index in [2.05, 4.69) is 0 Å². The molecule has 0 saturated heterocycles. The minimum absolute atomic E-state index is 0.0190. The van der Waals surface area contributed by atoms with Gasteiger partial charge in [-0.05, 0) is 42.5 Å². The molecular formula is C18H19F3N2O. The van der Waals surface area contributed by atoms with Crippen molar-refractivity contribution >= 4 is 17.2 Å². The molecule has 0 aliphatic carbocycles. The van der Waals surface area contributed by atoms with Gasteiger partial charge in [-0.3, -0.25) is 4.79 Å². The average molecular weight is 336 g/mol. The van der Waals surface area contributed by atoms with Crippen molar-refractivity contribution in [1.82, 2.24) is 0 Å². The molecule has 0 aliphatic rings. The highest BCUT2D eigenvalue weighted by atomic mass is 19.4. The van der Waals surface area contributed by atoms with Crippen molar-refractivity contribution in [3.8, 4) is 0 Å². The lowest BCUT2D eigenvalue weighted by Gasteiger charge is -2.20. The lowest BCUT2D eigenvalue weighted by Crippen LogP contribution is -2.17. The van der Waals surface area contributed by atoms with Gasteiger partial charge in [0.2, 0.25) is 0 Å². The van der Waals surface area contributed by atoms with Crippen molar-refractivity contribution in [1.29, 1.82) is 0 Å². The highest BCUT2D eigenvalue weighted by molar-refractivity contribution is 6.09. The lowest BCUT2D eigenvalue weighted by atomic mass is 9.99. The predicted octanol–water partition coefficient (Wildman–Crippen LogP) is 4.07. The van der Waals surface area contributed by atoms with Crippen molar-refractivity contribution in [3.05, 3.63) is 59.2 Å². The summed E-state index contributed by atoms with van der Waals surface area (Å²) >= 11 is 0. The number of ketones is 1. The van der Waals surface area contributed by atoms with Gasteiger partial charge in [0, 0.05) is 50.7 Å². The number of hydrogen-bond donors (Lipinski definition) is 0. The first kappa shape index (κ1) is 17.8. The van der Waals surface area contributed by atoms with Crippen LogP contribution < -0.4 is 9.80 Å². The Morgan fingerprint density at radius 2 is 1.38 bits per heavy atom. The molecule has 24 heavy (non-hydrogen) atoms. The number of rotatable bonds is 4. The fourth-order valence-electron chi connectivity index (χ4n) is 2.37. The van der Waals surface area contributed by atoms with Gasteiger partial charge in [-0.15, -0.1) is 0 Å². The van der Waals surface area contributed by atoms with E-state index in [1.807, 2.05) is 19.0 Å². The molecule has 2 rings (SSSR count). The maximum Gasteiger partial charge on any atom is 0.418 e. The zero-order chi connectivity index (χ0) is 18.1. The van der Waals surface area contributed by atoms with Gasteiger partial charge in [0.05, 0.1) is 5.56 Å². The van der Waals surface area contributed by atoms with Crippen LogP contribution in [0.3, 0.4) is 0 Å². The summed E-state index contributed by atoms with van der Waals surface area (Å²) in [5, 5.41) is 0. The van der Waals surface area contributed by atoms with E-state index in [0.29, 0.717) is 5.56 Å². The second-order valence-electron chi connectivity index (χ2n) is 5.89. The van der Waals surface area contributed by atoms with E-state index in [-0.39, 0.29) is 11.3 Å². The first-order valence-electron chi connectivity index (χ1n) is 7.32. The second-order valence-corrected chi connectivity index (χ2v) is 5.89. The maximum absolute atomic E-state index is 13.3. The Morgan fingerprint density at radius 1 is 0.833 bits per heavy atom. The highest BCUT2D eigenvalue weighted by Gasteiger charge is 2.34. The van der Waals surface area contributed by atoms with E-state index in [4.69, 9.17) is 0 Å². The lowest BCUT2D eigenvalue weighted by molar-refractivity contribution is -0.137. The molecule has 0 aliphatic heterocycles. The number of carbonyl (C=O) groups excluding carboxylic acids is 1. The largest absolute Gasteiger partial charge is 0.418 e. The Kier molecular flexibility index (Phi) is 4.87. The van der Waals surface area contributed by atoms with Crippen LogP contribution >= 0.6 is 0 Å². The minimum Gasteiger partial charge on any atom is -0.378 e. The molecule has 0 heterocycles. The topological polar surface area (TPSA) is 23.6 Å². The van der Waals surface area contributed by atoms with Crippen LogP contribution in [0.2, 0.25) is 0 Å². The maximum atomic E-state index is 13.3. The molecule has 0 radical (unpaired) electrons. The SMILES string of the molecule is CN(C)c1ccc(C(=O)c2ccc(N(C)C)c(C(F)(F)F)c2)cc1. The zero-order valence-electron chi connectivity index (χ0n) is 14.0. The number of anilines is 2. The van der Waals surface area contributed by atoms with Crippen LogP contribution in [0.4, 0.5) is 24.5 Å². The zero-order valence-corrected chi connectivity index (χ0v) is 14.0. The number of nitrogens with zero attached hydrogens (tertiary/aromatic N) is 2. The van der Waals surface area contributed by atoms with Gasteiger partial charge in [-0.2, -0.15) is 13.2 Å². The van der Waals surface area contributed by atoms with E-state index in [1.165, 1.54) is 31.1 Å². The average Bonchev–Trinajstić information content (AvgIpc) is 2.52. The van der Waals surface area contributed by atoms with Crippen molar-refractivity contribution in [2.75, 3.05) is 38.0 Å². The quantitative estimate of drug-likeness (QED) is 0.787. The van der Waals surface area contributed by atoms with Gasteiger partial charge < -0.3 is 9.80 Å². The Balaban J connectivity index is 2.43. The molecule has 0 aromatic heterocycles. The van der Waals surface area contributed by atoms with Crippen LogP contribution in [-0.4, -0.2) is 34.0 Å². The molecule has 2 aromatic carbocycles. The summed E-state index contributed by atoms with van der Waals surface area (Å²) in [4.78, 5) is 15.7. The fourth-order valence-corrected chi connectivity index (χ4v) is 2.37. The molecule has 128 valence electrons. The molecule has 0 spiro atoms. The molecule has 0 unspecified atom stereocenters. The Morgan fingerprint density at radius 3 is 1.83 bits per heavy atom. The molecule has 2 aromatic rings. The van der Waals surface area contributed by atoms with Crippen LogP contribution in [0.5, 0.6) is 0 Å². The normalized spacial score (nSPS) is 11.3. The third-order valence-electron chi connectivity index (χ3n) is 3.69. The molecule has 0 amide bonds. The van der Waals surface area contributed by atoms with Crippen molar-refractivity contribution < 1.29 is 18.0 Å². The summed E-state index contributed by atoms with van der Waals surface area (Å²) in [6, 6.07) is 10.4. The van der Waals surface area contributed by atoms with E-state index in [1.54, 1.807) is 24.3 Å². The molecule has 3 nitrogen and oxygen atoms in total. The number of carbonyl (C=O) groups is 1.